The minimum Gasteiger partial charge on any atom is -0.462 e. The fraction of sp³-hybridized carbons (Fsp3) is 0.667. The van der Waals surface area contributed by atoms with Crippen molar-refractivity contribution < 1.29 is 56.8 Å². The fourth-order valence-corrected chi connectivity index (χ4v) is 6.14. The molecule has 13 heteroatoms. The van der Waals surface area contributed by atoms with Gasteiger partial charge in [0.05, 0.1) is 13.0 Å². The minimum absolute atomic E-state index is 0.0729. The molecule has 0 radical (unpaired) electrons. The number of rotatable bonds is 31. The Morgan fingerprint density at radius 1 is 0.655 bits per heavy atom. The first-order chi connectivity index (χ1) is 26.5. The zero-order valence-corrected chi connectivity index (χ0v) is 33.8. The summed E-state index contributed by atoms with van der Waals surface area (Å²) in [6, 6.07) is 0. The molecular formula is C42H68O12S. The Bertz CT molecular complexity index is 1300. The molecule has 0 saturated carbocycles. The van der Waals surface area contributed by atoms with Gasteiger partial charge in [0.2, 0.25) is 0 Å². The second-order valence-corrected chi connectivity index (χ2v) is 15.1. The second kappa shape index (κ2) is 32.2. The highest BCUT2D eigenvalue weighted by Gasteiger charge is 2.46. The van der Waals surface area contributed by atoms with E-state index in [9.17, 15) is 37.9 Å². The standard InChI is InChI=1S/C42H68O12S/c1-3-5-7-9-11-13-15-17-18-19-21-23-25-27-29-31-38(44)53-35(33-52-42-41(47)40(46)39(45)36(54-42)34-55(48,49)50)32-51-37(43)30-28-26-24-22-20-16-14-12-10-8-6-4-2/h5,7,11-14,17-18,21,23,27,29,35-36,39-42,45-47H,3-4,6,8-10,15-16,19-20,22,24-26,28,30-34H2,1-2H3,(H,48,49,50)/b7-5-,13-11-,14-12-,18-17-,23-21-,29-27-. The molecule has 0 aromatic carbocycles. The van der Waals surface area contributed by atoms with Gasteiger partial charge in [0.15, 0.2) is 12.4 Å². The van der Waals surface area contributed by atoms with Gasteiger partial charge in [-0.1, -0.05) is 119 Å². The molecule has 0 amide bonds. The monoisotopic (exact) mass is 796 g/mol. The number of ether oxygens (including phenoxy) is 4. The van der Waals surface area contributed by atoms with Crippen LogP contribution in [0.25, 0.3) is 0 Å². The van der Waals surface area contributed by atoms with E-state index in [1.807, 2.05) is 18.2 Å². The first kappa shape index (κ1) is 50.1. The average molecular weight is 797 g/mol. The molecule has 0 aliphatic carbocycles. The molecule has 6 unspecified atom stereocenters. The Morgan fingerprint density at radius 3 is 1.78 bits per heavy atom. The Balaban J connectivity index is 2.60. The lowest BCUT2D eigenvalue weighted by atomic mass is 10.00. The van der Waals surface area contributed by atoms with Crippen LogP contribution in [-0.4, -0.2) is 96.0 Å². The lowest BCUT2D eigenvalue weighted by Crippen LogP contribution is -2.60. The highest BCUT2D eigenvalue weighted by molar-refractivity contribution is 7.85. The van der Waals surface area contributed by atoms with E-state index in [1.54, 1.807) is 6.08 Å². The maximum atomic E-state index is 12.7. The van der Waals surface area contributed by atoms with E-state index in [-0.39, 0.29) is 19.4 Å². The van der Waals surface area contributed by atoms with Crippen LogP contribution in [0, 0.1) is 0 Å². The quantitative estimate of drug-likeness (QED) is 0.0240. The van der Waals surface area contributed by atoms with E-state index >= 15 is 0 Å². The van der Waals surface area contributed by atoms with Crippen molar-refractivity contribution in [2.24, 2.45) is 0 Å². The molecule has 1 aliphatic heterocycles. The van der Waals surface area contributed by atoms with Gasteiger partial charge in [-0.2, -0.15) is 8.42 Å². The largest absolute Gasteiger partial charge is 0.462 e. The van der Waals surface area contributed by atoms with Gasteiger partial charge >= 0.3 is 11.9 Å². The van der Waals surface area contributed by atoms with Crippen LogP contribution >= 0.6 is 0 Å². The number of aliphatic hydroxyl groups excluding tert-OH is 3. The Labute approximate surface area is 329 Å². The van der Waals surface area contributed by atoms with Crippen molar-refractivity contribution in [3.8, 4) is 0 Å². The number of carbonyl (C=O) groups is 2. The van der Waals surface area contributed by atoms with Crippen molar-refractivity contribution in [1.29, 1.82) is 0 Å². The molecule has 0 bridgehead atoms. The van der Waals surface area contributed by atoms with Crippen LogP contribution in [0.2, 0.25) is 0 Å². The van der Waals surface area contributed by atoms with Crippen LogP contribution in [0.4, 0.5) is 0 Å². The molecule has 0 spiro atoms. The highest BCUT2D eigenvalue weighted by atomic mass is 32.2. The van der Waals surface area contributed by atoms with Crippen molar-refractivity contribution in [2.75, 3.05) is 19.0 Å². The van der Waals surface area contributed by atoms with E-state index < -0.39 is 71.2 Å². The molecule has 0 aromatic rings. The van der Waals surface area contributed by atoms with Crippen LogP contribution in [0.5, 0.6) is 0 Å². The van der Waals surface area contributed by atoms with Gasteiger partial charge in [-0.05, 0) is 64.2 Å². The average Bonchev–Trinajstić information content (AvgIpc) is 3.14. The Morgan fingerprint density at radius 2 is 1.20 bits per heavy atom. The number of carbonyl (C=O) groups excluding carboxylic acids is 2. The van der Waals surface area contributed by atoms with Crippen LogP contribution in [0.3, 0.4) is 0 Å². The van der Waals surface area contributed by atoms with Gasteiger partial charge in [0, 0.05) is 6.42 Å². The smallest absolute Gasteiger partial charge is 0.310 e. The van der Waals surface area contributed by atoms with Gasteiger partial charge in [0.25, 0.3) is 10.1 Å². The summed E-state index contributed by atoms with van der Waals surface area (Å²) in [5.74, 6) is -2.17. The molecule has 1 fully saturated rings. The number of hydrogen-bond acceptors (Lipinski definition) is 11. The topological polar surface area (TPSA) is 186 Å². The van der Waals surface area contributed by atoms with Crippen LogP contribution < -0.4 is 0 Å². The van der Waals surface area contributed by atoms with E-state index in [4.69, 9.17) is 18.9 Å². The molecule has 6 atom stereocenters. The van der Waals surface area contributed by atoms with Gasteiger partial charge in [-0.3, -0.25) is 14.1 Å². The van der Waals surface area contributed by atoms with Crippen LogP contribution in [0.1, 0.15) is 123 Å². The Kier molecular flexibility index (Phi) is 29.3. The summed E-state index contributed by atoms with van der Waals surface area (Å²) < 4.78 is 53.7. The zero-order chi connectivity index (χ0) is 40.6. The molecule has 4 N–H and O–H groups in total. The summed E-state index contributed by atoms with van der Waals surface area (Å²) in [4.78, 5) is 25.2. The SMILES string of the molecule is CC/C=C\C/C=C\C/C=C\C/C=C\C/C=C\CC(=O)OC(COC(=O)CCCCCCC/C=C\CCCCC)COC1OC(CS(=O)(=O)O)C(O)C(O)C1O. The first-order valence-corrected chi connectivity index (χ1v) is 21.6. The minimum atomic E-state index is -4.61. The van der Waals surface area contributed by atoms with E-state index in [0.717, 1.165) is 64.2 Å². The lowest BCUT2D eigenvalue weighted by Gasteiger charge is -2.40. The van der Waals surface area contributed by atoms with Gasteiger partial charge < -0.3 is 34.3 Å². The maximum absolute atomic E-state index is 12.7. The highest BCUT2D eigenvalue weighted by Crippen LogP contribution is 2.23. The van der Waals surface area contributed by atoms with E-state index in [0.29, 0.717) is 12.8 Å². The second-order valence-electron chi connectivity index (χ2n) is 13.6. The predicted octanol–water partition coefficient (Wildman–Crippen LogP) is 7.16. The van der Waals surface area contributed by atoms with Crippen molar-refractivity contribution in [2.45, 2.75) is 160 Å². The molecule has 314 valence electrons. The summed E-state index contributed by atoms with van der Waals surface area (Å²) >= 11 is 0. The molecule has 1 rings (SSSR count). The van der Waals surface area contributed by atoms with Crippen molar-refractivity contribution >= 4 is 22.1 Å². The number of aliphatic hydroxyl groups is 3. The zero-order valence-electron chi connectivity index (χ0n) is 33.0. The normalized spacial score (nSPS) is 21.6. The fourth-order valence-electron chi connectivity index (χ4n) is 5.45. The summed E-state index contributed by atoms with van der Waals surface area (Å²) in [5, 5.41) is 30.8. The summed E-state index contributed by atoms with van der Waals surface area (Å²) in [6.45, 7) is 3.49. The summed E-state index contributed by atoms with van der Waals surface area (Å²) in [7, 11) is -4.61. The van der Waals surface area contributed by atoms with Gasteiger partial charge in [0.1, 0.15) is 36.8 Å². The van der Waals surface area contributed by atoms with Crippen LogP contribution in [0.15, 0.2) is 72.9 Å². The van der Waals surface area contributed by atoms with Crippen molar-refractivity contribution in [3.05, 3.63) is 72.9 Å². The van der Waals surface area contributed by atoms with Gasteiger partial charge in [-0.25, -0.2) is 0 Å². The third-order valence-corrected chi connectivity index (χ3v) is 9.30. The number of hydrogen-bond donors (Lipinski definition) is 4. The molecule has 1 saturated heterocycles. The number of esters is 2. The molecule has 1 heterocycles. The van der Waals surface area contributed by atoms with E-state index in [1.165, 1.54) is 19.3 Å². The van der Waals surface area contributed by atoms with E-state index in [2.05, 4.69) is 62.5 Å². The number of allylic oxidation sites excluding steroid dienone is 11. The Hall–Kier alpha value is -2.91. The molecule has 12 nitrogen and oxygen atoms in total. The van der Waals surface area contributed by atoms with Crippen molar-refractivity contribution in [3.63, 3.8) is 0 Å². The molecular weight excluding hydrogens is 729 g/mol. The molecule has 0 aromatic heterocycles. The maximum Gasteiger partial charge on any atom is 0.310 e. The third-order valence-electron chi connectivity index (χ3n) is 8.55. The first-order valence-electron chi connectivity index (χ1n) is 20.0. The van der Waals surface area contributed by atoms with Crippen LogP contribution in [-0.2, 0) is 38.7 Å². The number of unbranched alkanes of at least 4 members (excludes halogenated alkanes) is 8. The summed E-state index contributed by atoms with van der Waals surface area (Å²) in [5.41, 5.74) is 0. The lowest BCUT2D eigenvalue weighted by molar-refractivity contribution is -0.297. The van der Waals surface area contributed by atoms with Gasteiger partial charge in [-0.15, -0.1) is 0 Å². The molecule has 55 heavy (non-hydrogen) atoms. The summed E-state index contributed by atoms with van der Waals surface area (Å²) in [6.07, 6.45) is 29.9. The van der Waals surface area contributed by atoms with Crippen molar-refractivity contribution in [1.82, 2.24) is 0 Å². The molecule has 1 aliphatic rings. The predicted molar refractivity (Wildman–Crippen MR) is 215 cm³/mol. The third kappa shape index (κ3) is 27.4.